The van der Waals surface area contributed by atoms with Gasteiger partial charge in [0.25, 0.3) is 0 Å². The van der Waals surface area contributed by atoms with Crippen molar-refractivity contribution in [3.8, 4) is 5.75 Å². The van der Waals surface area contributed by atoms with Crippen LogP contribution in [0.1, 0.15) is 0 Å². The van der Waals surface area contributed by atoms with Crippen LogP contribution < -0.4 is 10.1 Å². The number of anilines is 1. The first-order chi connectivity index (χ1) is 9.58. The number of aromatic nitrogens is 2. The highest BCUT2D eigenvalue weighted by molar-refractivity contribution is 6.30. The number of nitrogens with zero attached hydrogens (tertiary/aromatic N) is 3. The molecule has 0 fully saturated rings. The molecule has 1 aromatic heterocycles. The molecule has 7 nitrogen and oxygen atoms in total. The van der Waals surface area contributed by atoms with E-state index in [9.17, 15) is 10.1 Å². The number of ether oxygens (including phenoxy) is 1. The molecule has 1 N–H and O–H groups in total. The van der Waals surface area contributed by atoms with Crippen molar-refractivity contribution in [1.29, 1.82) is 0 Å². The predicted molar refractivity (Wildman–Crippen MR) is 75.3 cm³/mol. The fourth-order valence-corrected chi connectivity index (χ4v) is 1.75. The normalized spacial score (nSPS) is 10.3. The van der Waals surface area contributed by atoms with E-state index in [1.807, 2.05) is 0 Å². The van der Waals surface area contributed by atoms with Gasteiger partial charge in [-0.25, -0.2) is 0 Å². The van der Waals surface area contributed by atoms with Gasteiger partial charge in [-0.15, -0.1) is 0 Å². The highest BCUT2D eigenvalue weighted by Crippen LogP contribution is 2.20. The van der Waals surface area contributed by atoms with E-state index in [1.54, 1.807) is 35.9 Å². The van der Waals surface area contributed by atoms with E-state index in [0.717, 1.165) is 0 Å². The number of rotatable bonds is 6. The highest BCUT2D eigenvalue weighted by atomic mass is 35.5. The summed E-state index contributed by atoms with van der Waals surface area (Å²) in [5.41, 5.74) is 0. The molecular formula is C12H13ClN4O3. The van der Waals surface area contributed by atoms with Crippen LogP contribution in [0.5, 0.6) is 5.75 Å². The summed E-state index contributed by atoms with van der Waals surface area (Å²) in [6.07, 6.45) is 1.39. The lowest BCUT2D eigenvalue weighted by Crippen LogP contribution is -2.14. The summed E-state index contributed by atoms with van der Waals surface area (Å²) >= 11 is 5.76. The summed E-state index contributed by atoms with van der Waals surface area (Å²) in [5, 5.41) is 14.3. The van der Waals surface area contributed by atoms with E-state index >= 15 is 0 Å². The van der Waals surface area contributed by atoms with Crippen LogP contribution in [0.25, 0.3) is 0 Å². The number of benzene rings is 1. The molecule has 8 heteroatoms. The van der Waals surface area contributed by atoms with E-state index < -0.39 is 4.92 Å². The Morgan fingerprint density at radius 2 is 2.15 bits per heavy atom. The molecule has 0 bridgehead atoms. The third-order valence-corrected chi connectivity index (χ3v) is 2.82. The Balaban J connectivity index is 1.86. The van der Waals surface area contributed by atoms with Crippen molar-refractivity contribution in [3.63, 3.8) is 0 Å². The van der Waals surface area contributed by atoms with Gasteiger partial charge < -0.3 is 20.2 Å². The molecule has 1 heterocycles. The zero-order valence-electron chi connectivity index (χ0n) is 10.7. The fourth-order valence-electron chi connectivity index (χ4n) is 1.62. The van der Waals surface area contributed by atoms with Crippen molar-refractivity contribution in [2.45, 2.75) is 0 Å². The second-order valence-corrected chi connectivity index (χ2v) is 4.45. The molecule has 0 unspecified atom stereocenters. The minimum Gasteiger partial charge on any atom is -0.492 e. The molecule has 20 heavy (non-hydrogen) atoms. The van der Waals surface area contributed by atoms with Crippen molar-refractivity contribution in [2.24, 2.45) is 7.05 Å². The Labute approximate surface area is 120 Å². The quantitative estimate of drug-likeness (QED) is 0.503. The van der Waals surface area contributed by atoms with Gasteiger partial charge in [-0.1, -0.05) is 11.6 Å². The fraction of sp³-hybridized carbons (Fsp3) is 0.250. The number of nitrogens with one attached hydrogen (secondary N) is 1. The summed E-state index contributed by atoms with van der Waals surface area (Å²) in [4.78, 5) is 13.9. The van der Waals surface area contributed by atoms with Gasteiger partial charge in [-0.3, -0.25) is 4.57 Å². The van der Waals surface area contributed by atoms with Gasteiger partial charge in [0, 0.05) is 12.1 Å². The molecule has 0 saturated carbocycles. The van der Waals surface area contributed by atoms with Crippen LogP contribution in [0, 0.1) is 10.1 Å². The second kappa shape index (κ2) is 6.25. The van der Waals surface area contributed by atoms with E-state index in [1.165, 1.54) is 6.33 Å². The Bertz CT molecular complexity index is 597. The van der Waals surface area contributed by atoms with Gasteiger partial charge in [0.15, 0.2) is 0 Å². The van der Waals surface area contributed by atoms with E-state index in [2.05, 4.69) is 10.3 Å². The lowest BCUT2D eigenvalue weighted by atomic mass is 10.3. The Morgan fingerprint density at radius 1 is 1.45 bits per heavy atom. The lowest BCUT2D eigenvalue weighted by molar-refractivity contribution is -0.388. The van der Waals surface area contributed by atoms with Crippen LogP contribution in [0.15, 0.2) is 30.6 Å². The molecule has 0 aliphatic rings. The van der Waals surface area contributed by atoms with Crippen LogP contribution in [0.4, 0.5) is 11.6 Å². The van der Waals surface area contributed by atoms with Crippen molar-refractivity contribution < 1.29 is 9.66 Å². The summed E-state index contributed by atoms with van der Waals surface area (Å²) in [7, 11) is 1.68. The molecule has 0 atom stereocenters. The van der Waals surface area contributed by atoms with Crippen LogP contribution >= 0.6 is 11.6 Å². The average molecular weight is 297 g/mol. The number of hydrogen-bond donors (Lipinski definition) is 1. The number of aryl methyl sites for hydroxylation is 1. The first-order valence-electron chi connectivity index (χ1n) is 5.86. The molecule has 2 aromatic rings. The standard InChI is InChI=1S/C12H13ClN4O3/c1-16-8-15-12(17(18)19)11(16)14-6-7-20-10-4-2-9(13)3-5-10/h2-5,8,14H,6-7H2,1H3. The van der Waals surface area contributed by atoms with Gasteiger partial charge >= 0.3 is 5.82 Å². The van der Waals surface area contributed by atoms with Crippen LogP contribution in [0.2, 0.25) is 5.02 Å². The minimum atomic E-state index is -0.525. The molecule has 106 valence electrons. The molecule has 0 saturated heterocycles. The molecule has 0 aliphatic heterocycles. The van der Waals surface area contributed by atoms with Gasteiger partial charge in [0.1, 0.15) is 12.4 Å². The summed E-state index contributed by atoms with van der Waals surface area (Å²) in [5.74, 6) is 0.851. The summed E-state index contributed by atoms with van der Waals surface area (Å²) < 4.78 is 7.03. The highest BCUT2D eigenvalue weighted by Gasteiger charge is 2.19. The number of nitro groups is 1. The maximum atomic E-state index is 10.8. The van der Waals surface area contributed by atoms with Crippen molar-refractivity contribution in [1.82, 2.24) is 9.55 Å². The average Bonchev–Trinajstić information content (AvgIpc) is 2.78. The van der Waals surface area contributed by atoms with Crippen molar-refractivity contribution in [3.05, 3.63) is 45.7 Å². The number of imidazole rings is 1. The SMILES string of the molecule is Cn1cnc([N+](=O)[O-])c1NCCOc1ccc(Cl)cc1. The molecule has 0 aliphatic carbocycles. The lowest BCUT2D eigenvalue weighted by Gasteiger charge is -2.08. The topological polar surface area (TPSA) is 82.2 Å². The Morgan fingerprint density at radius 3 is 2.80 bits per heavy atom. The van der Waals surface area contributed by atoms with Crippen molar-refractivity contribution in [2.75, 3.05) is 18.5 Å². The Hall–Kier alpha value is -2.28. The van der Waals surface area contributed by atoms with Crippen LogP contribution in [-0.4, -0.2) is 27.6 Å². The van der Waals surface area contributed by atoms with Crippen LogP contribution in [0.3, 0.4) is 0 Å². The van der Waals surface area contributed by atoms with Gasteiger partial charge in [0.2, 0.25) is 12.1 Å². The van der Waals surface area contributed by atoms with Gasteiger partial charge in [-0.2, -0.15) is 0 Å². The first kappa shape index (κ1) is 14.1. The maximum Gasteiger partial charge on any atom is 0.406 e. The molecule has 2 rings (SSSR count). The largest absolute Gasteiger partial charge is 0.492 e. The second-order valence-electron chi connectivity index (χ2n) is 4.01. The molecule has 1 aromatic carbocycles. The van der Waals surface area contributed by atoms with E-state index in [0.29, 0.717) is 29.7 Å². The third-order valence-electron chi connectivity index (χ3n) is 2.57. The zero-order valence-corrected chi connectivity index (χ0v) is 11.5. The molecule has 0 radical (unpaired) electrons. The molecule has 0 amide bonds. The summed E-state index contributed by atoms with van der Waals surface area (Å²) in [6, 6.07) is 6.98. The monoisotopic (exact) mass is 296 g/mol. The zero-order chi connectivity index (χ0) is 14.5. The number of hydrogen-bond acceptors (Lipinski definition) is 5. The van der Waals surface area contributed by atoms with Gasteiger partial charge in [0.05, 0.1) is 6.54 Å². The van der Waals surface area contributed by atoms with E-state index in [4.69, 9.17) is 16.3 Å². The minimum absolute atomic E-state index is 0.195. The maximum absolute atomic E-state index is 10.8. The predicted octanol–water partition coefficient (Wildman–Crippen LogP) is 2.47. The summed E-state index contributed by atoms with van der Waals surface area (Å²) in [6.45, 7) is 0.785. The van der Waals surface area contributed by atoms with E-state index in [-0.39, 0.29) is 5.82 Å². The third kappa shape index (κ3) is 3.39. The number of halogens is 1. The van der Waals surface area contributed by atoms with Crippen molar-refractivity contribution >= 4 is 23.2 Å². The van der Waals surface area contributed by atoms with Crippen LogP contribution in [-0.2, 0) is 7.05 Å². The first-order valence-corrected chi connectivity index (χ1v) is 6.23. The Kier molecular flexibility index (Phi) is 4.41. The van der Waals surface area contributed by atoms with Gasteiger partial charge in [-0.05, 0) is 34.2 Å². The smallest absolute Gasteiger partial charge is 0.406 e. The molecule has 0 spiro atoms. The molecular weight excluding hydrogens is 284 g/mol.